The quantitative estimate of drug-likeness (QED) is 0.715. The van der Waals surface area contributed by atoms with Gasteiger partial charge in [0.05, 0.1) is 12.7 Å². The summed E-state index contributed by atoms with van der Waals surface area (Å²) < 4.78 is 3.56. The average molecular weight is 254 g/mol. The van der Waals surface area contributed by atoms with Crippen LogP contribution in [0.2, 0.25) is 0 Å². The van der Waals surface area contributed by atoms with Crippen molar-refractivity contribution in [2.45, 2.75) is 6.54 Å². The van der Waals surface area contributed by atoms with Crippen LogP contribution < -0.4 is 5.73 Å². The van der Waals surface area contributed by atoms with E-state index in [0.29, 0.717) is 18.1 Å². The number of nitrogens with zero attached hydrogens (tertiary/aromatic N) is 5. The molecule has 0 aliphatic carbocycles. The van der Waals surface area contributed by atoms with E-state index in [4.69, 9.17) is 5.73 Å². The first-order chi connectivity index (χ1) is 9.20. The fourth-order valence-electron chi connectivity index (χ4n) is 1.92. The summed E-state index contributed by atoms with van der Waals surface area (Å²) in [6, 6.07) is 7.55. The van der Waals surface area contributed by atoms with Crippen molar-refractivity contribution in [3.63, 3.8) is 0 Å². The number of rotatable bonds is 3. The lowest BCUT2D eigenvalue weighted by atomic mass is 10.2. The smallest absolute Gasteiger partial charge is 0.181 e. The van der Waals surface area contributed by atoms with Crippen LogP contribution in [0.4, 0.5) is 5.69 Å². The van der Waals surface area contributed by atoms with Crippen LogP contribution in [0, 0.1) is 0 Å². The number of hydrogen-bond donors (Lipinski definition) is 1. The van der Waals surface area contributed by atoms with Crippen LogP contribution in [-0.4, -0.2) is 24.5 Å². The summed E-state index contributed by atoms with van der Waals surface area (Å²) in [4.78, 5) is 4.30. The molecule has 3 rings (SSSR count). The Labute approximate surface area is 110 Å². The molecule has 0 spiro atoms. The van der Waals surface area contributed by atoms with Crippen molar-refractivity contribution in [2.24, 2.45) is 7.05 Å². The van der Waals surface area contributed by atoms with E-state index in [9.17, 15) is 0 Å². The Morgan fingerprint density at radius 2 is 2.21 bits per heavy atom. The second kappa shape index (κ2) is 4.56. The molecule has 0 amide bonds. The molecule has 0 saturated heterocycles. The van der Waals surface area contributed by atoms with Crippen molar-refractivity contribution in [3.05, 3.63) is 48.5 Å². The molecule has 1 aromatic carbocycles. The van der Waals surface area contributed by atoms with E-state index >= 15 is 0 Å². The zero-order valence-corrected chi connectivity index (χ0v) is 10.6. The summed E-state index contributed by atoms with van der Waals surface area (Å²) in [7, 11) is 1.89. The Kier molecular flexibility index (Phi) is 2.75. The van der Waals surface area contributed by atoms with Gasteiger partial charge in [0.25, 0.3) is 0 Å². The lowest BCUT2D eigenvalue weighted by Gasteiger charge is -1.98. The molecule has 0 radical (unpaired) electrons. The number of hydrogen-bond acceptors (Lipinski definition) is 4. The predicted octanol–water partition coefficient (Wildman–Crippen LogP) is 1.31. The molecule has 3 aromatic rings. The minimum absolute atomic E-state index is 0.656. The van der Waals surface area contributed by atoms with E-state index in [1.54, 1.807) is 15.7 Å². The zero-order valence-electron chi connectivity index (χ0n) is 10.6. The Bertz CT molecular complexity index is 696. The Hall–Kier alpha value is -2.63. The molecule has 0 aliphatic heterocycles. The molecule has 2 N–H and O–H groups in total. The molecule has 0 saturated carbocycles. The molecule has 19 heavy (non-hydrogen) atoms. The summed E-state index contributed by atoms with van der Waals surface area (Å²) in [5.74, 6) is 0.677. The van der Waals surface area contributed by atoms with Crippen molar-refractivity contribution in [3.8, 4) is 11.4 Å². The van der Waals surface area contributed by atoms with Gasteiger partial charge in [0.1, 0.15) is 6.33 Å². The molecular formula is C13H14N6. The van der Waals surface area contributed by atoms with Crippen LogP contribution >= 0.6 is 0 Å². The fourth-order valence-corrected chi connectivity index (χ4v) is 1.92. The number of aryl methyl sites for hydroxylation is 1. The van der Waals surface area contributed by atoms with E-state index in [0.717, 1.165) is 11.1 Å². The zero-order chi connectivity index (χ0) is 13.2. The highest BCUT2D eigenvalue weighted by molar-refractivity contribution is 5.60. The molecule has 6 nitrogen and oxygen atoms in total. The van der Waals surface area contributed by atoms with Crippen LogP contribution in [0.25, 0.3) is 11.4 Å². The van der Waals surface area contributed by atoms with Crippen molar-refractivity contribution < 1.29 is 0 Å². The van der Waals surface area contributed by atoms with Gasteiger partial charge in [0.2, 0.25) is 0 Å². The molecular weight excluding hydrogens is 240 g/mol. The third-order valence-corrected chi connectivity index (χ3v) is 2.78. The summed E-state index contributed by atoms with van der Waals surface area (Å²) in [6.07, 6.45) is 5.50. The van der Waals surface area contributed by atoms with E-state index in [1.165, 1.54) is 0 Å². The van der Waals surface area contributed by atoms with Gasteiger partial charge < -0.3 is 5.73 Å². The van der Waals surface area contributed by atoms with Gasteiger partial charge in [0, 0.05) is 30.1 Å². The van der Waals surface area contributed by atoms with Gasteiger partial charge in [-0.2, -0.15) is 10.2 Å². The topological polar surface area (TPSA) is 74.5 Å². The molecule has 96 valence electrons. The number of nitrogen functional groups attached to an aromatic ring is 1. The summed E-state index contributed by atoms with van der Waals surface area (Å²) in [6.45, 7) is 0.656. The second-order valence-electron chi connectivity index (χ2n) is 4.41. The largest absolute Gasteiger partial charge is 0.399 e. The molecule has 0 bridgehead atoms. The minimum atomic E-state index is 0.656. The van der Waals surface area contributed by atoms with Gasteiger partial charge >= 0.3 is 0 Å². The third-order valence-electron chi connectivity index (χ3n) is 2.78. The van der Waals surface area contributed by atoms with Gasteiger partial charge in [-0.15, -0.1) is 0 Å². The average Bonchev–Trinajstić information content (AvgIpc) is 2.99. The maximum Gasteiger partial charge on any atom is 0.181 e. The Morgan fingerprint density at radius 1 is 1.32 bits per heavy atom. The number of aromatic nitrogens is 5. The van der Waals surface area contributed by atoms with Crippen LogP contribution in [0.1, 0.15) is 5.56 Å². The summed E-state index contributed by atoms with van der Waals surface area (Å²) >= 11 is 0. The van der Waals surface area contributed by atoms with Gasteiger partial charge in [-0.05, 0) is 12.1 Å². The van der Waals surface area contributed by atoms with E-state index < -0.39 is 0 Å². The summed E-state index contributed by atoms with van der Waals surface area (Å²) in [5, 5.41) is 8.57. The van der Waals surface area contributed by atoms with E-state index in [1.807, 2.05) is 43.7 Å². The molecule has 0 unspecified atom stereocenters. The second-order valence-corrected chi connectivity index (χ2v) is 4.41. The molecule has 6 heteroatoms. The molecule has 0 fully saturated rings. The first-order valence-electron chi connectivity index (χ1n) is 5.93. The molecule has 0 atom stereocenters. The maximum atomic E-state index is 5.76. The first kappa shape index (κ1) is 11.5. The van der Waals surface area contributed by atoms with Crippen molar-refractivity contribution in [1.82, 2.24) is 24.5 Å². The standard InChI is InChI=1S/C13H14N6/c1-18-7-10(6-16-18)8-19-9-15-13(17-19)11-3-2-4-12(14)5-11/h2-7,9H,8,14H2,1H3. The summed E-state index contributed by atoms with van der Waals surface area (Å²) in [5.41, 5.74) is 8.48. The number of anilines is 1. The monoisotopic (exact) mass is 254 g/mol. The highest BCUT2D eigenvalue weighted by atomic mass is 15.3. The maximum absolute atomic E-state index is 5.76. The normalized spacial score (nSPS) is 10.8. The van der Waals surface area contributed by atoms with Crippen LogP contribution in [0.5, 0.6) is 0 Å². The SMILES string of the molecule is Cn1cc(Cn2cnc(-c3cccc(N)c3)n2)cn1. The third kappa shape index (κ3) is 2.47. The molecule has 2 heterocycles. The first-order valence-corrected chi connectivity index (χ1v) is 5.93. The van der Waals surface area contributed by atoms with Gasteiger partial charge in [-0.3, -0.25) is 4.68 Å². The van der Waals surface area contributed by atoms with Crippen molar-refractivity contribution in [2.75, 3.05) is 5.73 Å². The number of nitrogens with two attached hydrogens (primary N) is 1. The molecule has 2 aromatic heterocycles. The number of benzene rings is 1. The Morgan fingerprint density at radius 3 is 2.95 bits per heavy atom. The predicted molar refractivity (Wildman–Crippen MR) is 72.2 cm³/mol. The minimum Gasteiger partial charge on any atom is -0.399 e. The van der Waals surface area contributed by atoms with E-state index in [2.05, 4.69) is 15.2 Å². The van der Waals surface area contributed by atoms with Crippen LogP contribution in [0.15, 0.2) is 43.0 Å². The lowest BCUT2D eigenvalue weighted by Crippen LogP contribution is -1.99. The van der Waals surface area contributed by atoms with Gasteiger partial charge in [0.15, 0.2) is 5.82 Å². The fraction of sp³-hybridized carbons (Fsp3) is 0.154. The molecule has 0 aliphatic rings. The van der Waals surface area contributed by atoms with Crippen molar-refractivity contribution >= 4 is 5.69 Å². The van der Waals surface area contributed by atoms with Crippen molar-refractivity contribution in [1.29, 1.82) is 0 Å². The Balaban J connectivity index is 1.83. The lowest BCUT2D eigenvalue weighted by molar-refractivity contribution is 0.685. The highest BCUT2D eigenvalue weighted by Crippen LogP contribution is 2.17. The van der Waals surface area contributed by atoms with Crippen LogP contribution in [-0.2, 0) is 13.6 Å². The highest BCUT2D eigenvalue weighted by Gasteiger charge is 2.05. The van der Waals surface area contributed by atoms with Gasteiger partial charge in [-0.25, -0.2) is 9.67 Å². The van der Waals surface area contributed by atoms with Gasteiger partial charge in [-0.1, -0.05) is 12.1 Å². The van der Waals surface area contributed by atoms with E-state index in [-0.39, 0.29) is 0 Å². The van der Waals surface area contributed by atoms with Crippen LogP contribution in [0.3, 0.4) is 0 Å².